The van der Waals surface area contributed by atoms with Crippen molar-refractivity contribution >= 4 is 17.2 Å². The molecule has 0 saturated carbocycles. The van der Waals surface area contributed by atoms with Crippen molar-refractivity contribution < 1.29 is 13.6 Å². The Labute approximate surface area is 97.5 Å². The summed E-state index contributed by atoms with van der Waals surface area (Å²) in [5.74, 6) is -0.585. The molecule has 0 aliphatic carbocycles. The van der Waals surface area contributed by atoms with Crippen LogP contribution in [-0.4, -0.2) is 14.7 Å². The van der Waals surface area contributed by atoms with E-state index in [1.807, 2.05) is 24.6 Å². The number of carbonyl (C=O) groups is 1. The second-order valence-corrected chi connectivity index (χ2v) is 4.08. The second-order valence-electron chi connectivity index (χ2n) is 3.41. The summed E-state index contributed by atoms with van der Waals surface area (Å²) in [7, 11) is 0. The van der Waals surface area contributed by atoms with E-state index in [1.165, 1.54) is 0 Å². The summed E-state index contributed by atoms with van der Waals surface area (Å²) < 4.78 is 22.6. The van der Waals surface area contributed by atoms with Gasteiger partial charge >= 0.3 is 0 Å². The average Bonchev–Trinajstić information content (AvgIpc) is 2.27. The molecule has 0 spiro atoms. The van der Waals surface area contributed by atoms with Crippen LogP contribution in [0.5, 0.6) is 0 Å². The van der Waals surface area contributed by atoms with Gasteiger partial charge in [-0.05, 0) is 36.1 Å². The normalized spacial score (nSPS) is 12.2. The van der Waals surface area contributed by atoms with Gasteiger partial charge in [0.2, 0.25) is 0 Å². The minimum atomic E-state index is -2.56. The van der Waals surface area contributed by atoms with E-state index in [4.69, 9.17) is 0 Å². The van der Waals surface area contributed by atoms with Crippen LogP contribution in [0.25, 0.3) is 0 Å². The molecule has 88 valence electrons. The summed E-state index contributed by atoms with van der Waals surface area (Å²) >= 11 is -2.56. The van der Waals surface area contributed by atoms with E-state index in [-0.39, 0.29) is 0 Å². The van der Waals surface area contributed by atoms with Crippen LogP contribution < -0.4 is 4.72 Å². The molecule has 1 unspecified atom stereocenters. The standard InChI is InChI=1S/C11H15NO3S/c1-3-8-5-9(4-2)7-10(6-8)11(13)12-16(14)15/h5-7H,3-4H2,1-2H3,(H,12,13)(H,14,15)/p-1. The molecule has 1 amide bonds. The van der Waals surface area contributed by atoms with Crippen molar-refractivity contribution in [2.24, 2.45) is 0 Å². The molecular weight excluding hydrogens is 226 g/mol. The minimum Gasteiger partial charge on any atom is -0.755 e. The Kier molecular flexibility index (Phi) is 4.64. The fourth-order valence-corrected chi connectivity index (χ4v) is 1.71. The summed E-state index contributed by atoms with van der Waals surface area (Å²) in [5.41, 5.74) is 2.45. The van der Waals surface area contributed by atoms with E-state index in [1.54, 1.807) is 12.1 Å². The lowest BCUT2D eigenvalue weighted by atomic mass is 10.0. The molecular formula is C11H14NO3S-. The fraction of sp³-hybridized carbons (Fsp3) is 0.364. The molecule has 1 aromatic carbocycles. The molecule has 4 nitrogen and oxygen atoms in total. The largest absolute Gasteiger partial charge is 0.755 e. The molecule has 0 aromatic heterocycles. The lowest BCUT2D eigenvalue weighted by molar-refractivity contribution is 0.0980. The topological polar surface area (TPSA) is 69.2 Å². The highest BCUT2D eigenvalue weighted by atomic mass is 32.2. The Morgan fingerprint density at radius 1 is 1.25 bits per heavy atom. The van der Waals surface area contributed by atoms with Crippen LogP contribution in [0, 0.1) is 0 Å². The van der Waals surface area contributed by atoms with Crippen molar-refractivity contribution in [2.45, 2.75) is 26.7 Å². The van der Waals surface area contributed by atoms with Gasteiger partial charge in [-0.3, -0.25) is 13.7 Å². The first-order valence-electron chi connectivity index (χ1n) is 5.09. The van der Waals surface area contributed by atoms with Gasteiger partial charge in [-0.1, -0.05) is 19.9 Å². The van der Waals surface area contributed by atoms with Crippen LogP contribution in [0.2, 0.25) is 0 Å². The molecule has 0 saturated heterocycles. The van der Waals surface area contributed by atoms with Crippen LogP contribution in [0.15, 0.2) is 18.2 Å². The zero-order valence-electron chi connectivity index (χ0n) is 9.28. The summed E-state index contributed by atoms with van der Waals surface area (Å²) in [6, 6.07) is 5.44. The van der Waals surface area contributed by atoms with Crippen LogP contribution >= 0.6 is 0 Å². The van der Waals surface area contributed by atoms with Crippen LogP contribution in [0.1, 0.15) is 35.3 Å². The maximum Gasteiger partial charge on any atom is 0.262 e. The van der Waals surface area contributed by atoms with Crippen molar-refractivity contribution in [1.82, 2.24) is 4.72 Å². The number of benzene rings is 1. The van der Waals surface area contributed by atoms with Gasteiger partial charge in [-0.15, -0.1) is 0 Å². The number of carbonyl (C=O) groups excluding carboxylic acids is 1. The SMILES string of the molecule is CCc1cc(CC)cc(C(=O)NS(=O)[O-])c1. The Morgan fingerprint density at radius 2 is 1.75 bits per heavy atom. The summed E-state index contributed by atoms with van der Waals surface area (Å²) in [6.45, 7) is 3.98. The van der Waals surface area contributed by atoms with Gasteiger partial charge in [-0.25, -0.2) is 0 Å². The fourth-order valence-electron chi connectivity index (χ4n) is 1.44. The van der Waals surface area contributed by atoms with E-state index in [0.29, 0.717) is 5.56 Å². The first-order valence-corrected chi connectivity index (χ1v) is 6.17. The van der Waals surface area contributed by atoms with Crippen molar-refractivity contribution in [3.8, 4) is 0 Å². The summed E-state index contributed by atoms with van der Waals surface area (Å²) in [4.78, 5) is 11.5. The predicted molar refractivity (Wildman–Crippen MR) is 61.6 cm³/mol. The Balaban J connectivity index is 3.02. The van der Waals surface area contributed by atoms with Gasteiger partial charge in [0.1, 0.15) is 0 Å². The Hall–Kier alpha value is -1.20. The molecule has 0 bridgehead atoms. The van der Waals surface area contributed by atoms with Crippen molar-refractivity contribution in [1.29, 1.82) is 0 Å². The molecule has 0 radical (unpaired) electrons. The highest BCUT2D eigenvalue weighted by Crippen LogP contribution is 2.12. The maximum absolute atomic E-state index is 11.5. The monoisotopic (exact) mass is 240 g/mol. The van der Waals surface area contributed by atoms with E-state index in [0.717, 1.165) is 24.0 Å². The van der Waals surface area contributed by atoms with Gasteiger partial charge in [0, 0.05) is 16.8 Å². The predicted octanol–water partition coefficient (Wildman–Crippen LogP) is 1.34. The van der Waals surface area contributed by atoms with Crippen LogP contribution in [-0.2, 0) is 24.1 Å². The summed E-state index contributed by atoms with van der Waals surface area (Å²) in [5, 5.41) is 0. The van der Waals surface area contributed by atoms with Crippen LogP contribution in [0.3, 0.4) is 0 Å². The third-order valence-electron chi connectivity index (χ3n) is 2.31. The number of hydrogen-bond acceptors (Lipinski definition) is 3. The third-order valence-corrected chi connectivity index (χ3v) is 2.66. The highest BCUT2D eigenvalue weighted by molar-refractivity contribution is 7.77. The molecule has 1 atom stereocenters. The number of aryl methyl sites for hydroxylation is 2. The van der Waals surface area contributed by atoms with Gasteiger partial charge < -0.3 is 4.55 Å². The average molecular weight is 240 g/mol. The van der Waals surface area contributed by atoms with Crippen LogP contribution in [0.4, 0.5) is 0 Å². The second kappa shape index (κ2) is 5.77. The molecule has 1 rings (SSSR count). The van der Waals surface area contributed by atoms with E-state index >= 15 is 0 Å². The van der Waals surface area contributed by atoms with Gasteiger partial charge in [-0.2, -0.15) is 0 Å². The molecule has 0 aliphatic rings. The van der Waals surface area contributed by atoms with E-state index in [9.17, 15) is 13.6 Å². The smallest absolute Gasteiger partial charge is 0.262 e. The lowest BCUT2D eigenvalue weighted by Gasteiger charge is -2.09. The highest BCUT2D eigenvalue weighted by Gasteiger charge is 2.07. The lowest BCUT2D eigenvalue weighted by Crippen LogP contribution is -2.25. The first kappa shape index (κ1) is 12.9. The molecule has 5 heteroatoms. The zero-order valence-corrected chi connectivity index (χ0v) is 10.1. The number of rotatable bonds is 4. The van der Waals surface area contributed by atoms with Gasteiger partial charge in [0.05, 0.1) is 0 Å². The quantitative estimate of drug-likeness (QED) is 0.807. The van der Waals surface area contributed by atoms with Crippen molar-refractivity contribution in [3.63, 3.8) is 0 Å². The number of hydrogen-bond donors (Lipinski definition) is 1. The zero-order chi connectivity index (χ0) is 12.1. The van der Waals surface area contributed by atoms with Crippen molar-refractivity contribution in [3.05, 3.63) is 34.9 Å². The molecule has 0 fully saturated rings. The maximum atomic E-state index is 11.5. The summed E-state index contributed by atoms with van der Waals surface area (Å²) in [6.07, 6.45) is 1.63. The number of nitrogens with one attached hydrogen (secondary N) is 1. The molecule has 0 heterocycles. The van der Waals surface area contributed by atoms with Gasteiger partial charge in [0.25, 0.3) is 5.91 Å². The molecule has 0 aliphatic heterocycles. The molecule has 16 heavy (non-hydrogen) atoms. The molecule has 1 N–H and O–H groups in total. The molecule has 1 aromatic rings. The number of amides is 1. The first-order chi connectivity index (χ1) is 7.56. The van der Waals surface area contributed by atoms with E-state index in [2.05, 4.69) is 0 Å². The third kappa shape index (κ3) is 3.43. The van der Waals surface area contributed by atoms with E-state index < -0.39 is 17.2 Å². The Bertz CT molecular complexity index is 395. The Morgan fingerprint density at radius 3 is 2.12 bits per heavy atom. The van der Waals surface area contributed by atoms with Gasteiger partial charge in [0.15, 0.2) is 0 Å². The minimum absolute atomic E-state index is 0.389. The van der Waals surface area contributed by atoms with Crippen molar-refractivity contribution in [2.75, 3.05) is 0 Å².